The molecule has 1 aromatic heterocycles. The maximum absolute atomic E-state index is 12.8. The first kappa shape index (κ1) is 16.7. The highest BCUT2D eigenvalue weighted by molar-refractivity contribution is 5.91. The van der Waals surface area contributed by atoms with Crippen molar-refractivity contribution in [2.75, 3.05) is 13.2 Å². The lowest BCUT2D eigenvalue weighted by Crippen LogP contribution is -2.64. The molecule has 1 fully saturated rings. The molecule has 1 aliphatic carbocycles. The van der Waals surface area contributed by atoms with Gasteiger partial charge in [0.05, 0.1) is 6.10 Å². The van der Waals surface area contributed by atoms with E-state index in [1.165, 1.54) is 6.20 Å². The van der Waals surface area contributed by atoms with Crippen LogP contribution in [0.4, 0.5) is 0 Å². The van der Waals surface area contributed by atoms with Gasteiger partial charge in [-0.05, 0) is 25.8 Å². The fourth-order valence-electron chi connectivity index (χ4n) is 3.26. The predicted molar refractivity (Wildman–Crippen MR) is 84.3 cm³/mol. The van der Waals surface area contributed by atoms with E-state index in [9.17, 15) is 10.0 Å². The van der Waals surface area contributed by atoms with Crippen molar-refractivity contribution < 1.29 is 14.3 Å². The van der Waals surface area contributed by atoms with Crippen LogP contribution < -0.4 is 4.73 Å². The van der Waals surface area contributed by atoms with Crippen LogP contribution in [0.3, 0.4) is 0 Å². The van der Waals surface area contributed by atoms with E-state index in [-0.39, 0.29) is 29.2 Å². The molecule has 0 unspecified atom stereocenters. The number of ether oxygens (including phenoxy) is 1. The first-order valence-electron chi connectivity index (χ1n) is 8.04. The van der Waals surface area contributed by atoms with Gasteiger partial charge in [-0.1, -0.05) is 20.8 Å². The van der Waals surface area contributed by atoms with E-state index < -0.39 is 0 Å². The summed E-state index contributed by atoms with van der Waals surface area (Å²) in [6.07, 6.45) is 3.23. The maximum atomic E-state index is 12.8. The number of amides is 1. The third-order valence-electron chi connectivity index (χ3n) is 4.64. The van der Waals surface area contributed by atoms with Gasteiger partial charge in [0.1, 0.15) is 0 Å². The zero-order valence-corrected chi connectivity index (χ0v) is 13.9. The van der Waals surface area contributed by atoms with Gasteiger partial charge in [0.15, 0.2) is 6.20 Å². The van der Waals surface area contributed by atoms with Gasteiger partial charge < -0.3 is 14.8 Å². The van der Waals surface area contributed by atoms with E-state index in [0.717, 1.165) is 12.8 Å². The molecule has 1 saturated carbocycles. The summed E-state index contributed by atoms with van der Waals surface area (Å²) in [6, 6.07) is 5.05. The molecule has 0 aromatic carbocycles. The standard InChI is InChI=1S/C17H26N2O3/c1-5-10-18(14-12-15(22-6-2)17(14,3)4)16(20)13-9-7-8-11-19(13)21/h7-9,11,14-15H,5-6,10,12H2,1-4H3/t14-,15-/m1/s1. The van der Waals surface area contributed by atoms with Crippen LogP contribution in [-0.4, -0.2) is 36.1 Å². The van der Waals surface area contributed by atoms with Gasteiger partial charge in [-0.15, -0.1) is 0 Å². The summed E-state index contributed by atoms with van der Waals surface area (Å²) >= 11 is 0. The molecular formula is C17H26N2O3. The predicted octanol–water partition coefficient (Wildman–Crippen LogP) is 2.38. The van der Waals surface area contributed by atoms with E-state index in [4.69, 9.17) is 4.74 Å². The third kappa shape index (κ3) is 2.95. The summed E-state index contributed by atoms with van der Waals surface area (Å²) in [7, 11) is 0. The number of nitrogens with zero attached hydrogens (tertiary/aromatic N) is 2. The van der Waals surface area contributed by atoms with Crippen molar-refractivity contribution in [3.8, 4) is 0 Å². The summed E-state index contributed by atoms with van der Waals surface area (Å²) in [5.41, 5.74) is 0.0928. The van der Waals surface area contributed by atoms with Crippen molar-refractivity contribution in [2.45, 2.75) is 52.7 Å². The van der Waals surface area contributed by atoms with Crippen LogP contribution in [0.25, 0.3) is 0 Å². The molecule has 0 spiro atoms. The van der Waals surface area contributed by atoms with Gasteiger partial charge in [-0.3, -0.25) is 4.79 Å². The Labute approximate surface area is 132 Å². The molecule has 0 aliphatic heterocycles. The van der Waals surface area contributed by atoms with Crippen LogP contribution in [0, 0.1) is 10.6 Å². The van der Waals surface area contributed by atoms with Crippen LogP contribution in [0.15, 0.2) is 24.4 Å². The molecule has 0 radical (unpaired) electrons. The summed E-state index contributed by atoms with van der Waals surface area (Å²) in [4.78, 5) is 14.7. The molecule has 1 aromatic rings. The number of carbonyl (C=O) groups is 1. The van der Waals surface area contributed by atoms with Crippen molar-refractivity contribution in [1.29, 1.82) is 0 Å². The maximum Gasteiger partial charge on any atom is 0.320 e. The summed E-state index contributed by atoms with van der Waals surface area (Å²) in [5, 5.41) is 11.9. The van der Waals surface area contributed by atoms with E-state index >= 15 is 0 Å². The Hall–Kier alpha value is -1.62. The Balaban J connectivity index is 2.21. The second kappa shape index (κ2) is 6.65. The molecule has 122 valence electrons. The Bertz CT molecular complexity index is 530. The van der Waals surface area contributed by atoms with Crippen molar-refractivity contribution in [2.24, 2.45) is 5.41 Å². The minimum absolute atomic E-state index is 0.0939. The molecule has 5 heteroatoms. The van der Waals surface area contributed by atoms with Gasteiger partial charge in [-0.25, -0.2) is 0 Å². The second-order valence-corrected chi connectivity index (χ2v) is 6.43. The Kier molecular flexibility index (Phi) is 5.06. The van der Waals surface area contributed by atoms with Crippen LogP contribution >= 0.6 is 0 Å². The van der Waals surface area contributed by atoms with Crippen molar-refractivity contribution in [1.82, 2.24) is 4.90 Å². The summed E-state index contributed by atoms with van der Waals surface area (Å²) < 4.78 is 6.41. The molecule has 0 N–H and O–H groups in total. The van der Waals surface area contributed by atoms with E-state index in [1.807, 2.05) is 18.7 Å². The smallest absolute Gasteiger partial charge is 0.320 e. The van der Waals surface area contributed by atoms with Crippen LogP contribution in [0.5, 0.6) is 0 Å². The lowest BCUT2D eigenvalue weighted by atomic mass is 9.63. The number of hydrogen-bond acceptors (Lipinski definition) is 3. The number of rotatable bonds is 6. The van der Waals surface area contributed by atoms with Gasteiger partial charge in [0, 0.05) is 36.7 Å². The van der Waals surface area contributed by atoms with Crippen molar-refractivity contribution in [3.05, 3.63) is 35.3 Å². The van der Waals surface area contributed by atoms with Gasteiger partial charge in [0.2, 0.25) is 0 Å². The zero-order chi connectivity index (χ0) is 16.3. The van der Waals surface area contributed by atoms with Crippen LogP contribution in [0.1, 0.15) is 51.0 Å². The number of pyridine rings is 1. The first-order chi connectivity index (χ1) is 10.4. The van der Waals surface area contributed by atoms with Crippen LogP contribution in [0.2, 0.25) is 0 Å². The van der Waals surface area contributed by atoms with E-state index in [2.05, 4.69) is 13.8 Å². The Morgan fingerprint density at radius 2 is 2.18 bits per heavy atom. The lowest BCUT2D eigenvalue weighted by molar-refractivity contribution is -0.608. The zero-order valence-electron chi connectivity index (χ0n) is 13.9. The Morgan fingerprint density at radius 3 is 2.73 bits per heavy atom. The normalized spacial score (nSPS) is 22.9. The van der Waals surface area contributed by atoms with E-state index in [1.54, 1.807) is 18.2 Å². The molecule has 1 aliphatic rings. The number of carbonyl (C=O) groups excluding carboxylic acids is 1. The highest BCUT2D eigenvalue weighted by atomic mass is 16.5. The summed E-state index contributed by atoms with van der Waals surface area (Å²) in [5.74, 6) is -0.189. The monoisotopic (exact) mass is 306 g/mol. The molecule has 22 heavy (non-hydrogen) atoms. The average Bonchev–Trinajstić information content (AvgIpc) is 2.49. The minimum Gasteiger partial charge on any atom is -0.618 e. The molecule has 0 bridgehead atoms. The number of hydrogen-bond donors (Lipinski definition) is 0. The fourth-order valence-corrected chi connectivity index (χ4v) is 3.26. The molecule has 1 heterocycles. The molecular weight excluding hydrogens is 280 g/mol. The topological polar surface area (TPSA) is 56.5 Å². The molecule has 5 nitrogen and oxygen atoms in total. The second-order valence-electron chi connectivity index (χ2n) is 6.43. The largest absolute Gasteiger partial charge is 0.618 e. The SMILES string of the molecule is CCCN(C(=O)c1cccc[n+]1[O-])[C@@H]1C[C@@H](OCC)C1(C)C. The quantitative estimate of drug-likeness (QED) is 0.599. The number of aromatic nitrogens is 1. The fraction of sp³-hybridized carbons (Fsp3) is 0.647. The molecule has 0 saturated heterocycles. The highest BCUT2D eigenvalue weighted by Gasteiger charge is 2.53. The Morgan fingerprint density at radius 1 is 1.45 bits per heavy atom. The van der Waals surface area contributed by atoms with Crippen molar-refractivity contribution in [3.63, 3.8) is 0 Å². The first-order valence-corrected chi connectivity index (χ1v) is 8.04. The van der Waals surface area contributed by atoms with Crippen LogP contribution in [-0.2, 0) is 4.74 Å². The van der Waals surface area contributed by atoms with Gasteiger partial charge in [0.25, 0.3) is 5.69 Å². The third-order valence-corrected chi connectivity index (χ3v) is 4.64. The lowest BCUT2D eigenvalue weighted by Gasteiger charge is -2.55. The van der Waals surface area contributed by atoms with E-state index in [0.29, 0.717) is 17.9 Å². The van der Waals surface area contributed by atoms with Gasteiger partial charge in [-0.2, -0.15) is 4.73 Å². The molecule has 2 atom stereocenters. The molecule has 1 amide bonds. The van der Waals surface area contributed by atoms with Crippen molar-refractivity contribution >= 4 is 5.91 Å². The summed E-state index contributed by atoms with van der Waals surface area (Å²) in [6.45, 7) is 9.63. The van der Waals surface area contributed by atoms with Gasteiger partial charge >= 0.3 is 5.91 Å². The highest BCUT2D eigenvalue weighted by Crippen LogP contribution is 2.46. The minimum atomic E-state index is -0.189. The average molecular weight is 306 g/mol. The molecule has 2 rings (SSSR count).